The van der Waals surface area contributed by atoms with E-state index in [0.717, 1.165) is 59.5 Å². The van der Waals surface area contributed by atoms with Crippen molar-refractivity contribution in [2.75, 3.05) is 60.2 Å². The zero-order chi connectivity index (χ0) is 65.3. The quantitative estimate of drug-likeness (QED) is 0.0212. The average molecular weight is 1800 g/mol. The van der Waals surface area contributed by atoms with Gasteiger partial charge in [0, 0.05) is 94.9 Å². The molecule has 0 saturated heterocycles. The van der Waals surface area contributed by atoms with Crippen LogP contribution in [0.4, 0.5) is 11.6 Å². The Labute approximate surface area is 589 Å². The van der Waals surface area contributed by atoms with Crippen LogP contribution in [0.15, 0.2) is 57.0 Å². The minimum atomic E-state index is -3.45. The largest absolute Gasteiger partial charge is 0.382 e. The molecule has 21 nitrogen and oxygen atoms in total. The van der Waals surface area contributed by atoms with E-state index in [0.29, 0.717) is 70.6 Å². The SMILES string of the molecule is BrCCNBr.CC(C)(C)S(=O)(=O)NCCBr.CC(C)(C)S(=O)(=O)NCCn1c(Sc2cc3c(cc2I)CCC3)nc2c(N)ncnc21.CC(C)(C)S(=O)NCCBr.CC(C)(C)S(=O)NCCn1c(Sc2cc3c(cc2I)CCC3)nc2c(N)ncnc21. The highest BCUT2D eigenvalue weighted by molar-refractivity contribution is 14.1. The molecule has 0 spiro atoms. The molecule has 8 rings (SSSR count). The molecule has 4 heterocycles. The maximum atomic E-state index is 12.4. The van der Waals surface area contributed by atoms with E-state index in [4.69, 9.17) is 21.4 Å². The van der Waals surface area contributed by atoms with Crippen molar-refractivity contribution in [2.24, 2.45) is 0 Å². The number of aryl methyl sites for hydroxylation is 4. The summed E-state index contributed by atoms with van der Waals surface area (Å²) in [5.74, 6) is 0.681. The first-order valence-corrected chi connectivity index (χ1v) is 40.9. The van der Waals surface area contributed by atoms with Gasteiger partial charge < -0.3 is 20.6 Å². The number of anilines is 2. The van der Waals surface area contributed by atoms with Crippen molar-refractivity contribution in [1.82, 2.24) is 62.3 Å². The lowest BCUT2D eigenvalue weighted by Crippen LogP contribution is -2.40. The number of benzene rings is 2. The number of nitrogen functional groups attached to an aromatic ring is 2. The number of aromatic nitrogens is 8. The number of hydrogen-bond donors (Lipinski definition) is 7. The molecule has 488 valence electrons. The molecule has 0 amide bonds. The van der Waals surface area contributed by atoms with Gasteiger partial charge in [-0.15, -0.1) is 0 Å². The highest BCUT2D eigenvalue weighted by Gasteiger charge is 2.30. The zero-order valence-corrected chi connectivity index (χ0v) is 66.7. The molecule has 0 fully saturated rings. The van der Waals surface area contributed by atoms with Crippen LogP contribution in [0.5, 0.6) is 0 Å². The molecule has 2 aromatic carbocycles. The fourth-order valence-electron chi connectivity index (χ4n) is 7.67. The predicted octanol–water partition coefficient (Wildman–Crippen LogP) is 10.9. The van der Waals surface area contributed by atoms with Crippen LogP contribution >= 0.6 is 133 Å². The van der Waals surface area contributed by atoms with Crippen LogP contribution in [0, 0.1) is 7.14 Å². The summed E-state index contributed by atoms with van der Waals surface area (Å²) in [7, 11) is -8.64. The summed E-state index contributed by atoms with van der Waals surface area (Å²) in [6, 6.07) is 9.08. The van der Waals surface area contributed by atoms with Gasteiger partial charge in [0.25, 0.3) is 0 Å². The molecule has 6 aromatic rings. The Bertz CT molecular complexity index is 3520. The van der Waals surface area contributed by atoms with Crippen LogP contribution in [-0.2, 0) is 80.8 Å². The molecule has 9 N–H and O–H groups in total. The van der Waals surface area contributed by atoms with Gasteiger partial charge in [0.2, 0.25) is 20.0 Å². The lowest BCUT2D eigenvalue weighted by atomic mass is 10.1. The summed E-state index contributed by atoms with van der Waals surface area (Å²) in [5, 5.41) is 4.01. The second-order valence-corrected chi connectivity index (χ2v) is 39.9. The van der Waals surface area contributed by atoms with Crippen molar-refractivity contribution in [3.8, 4) is 0 Å². The Balaban J connectivity index is 0.000000267. The molecule has 2 atom stereocenters. The van der Waals surface area contributed by atoms with Gasteiger partial charge in [-0.25, -0.2) is 74.0 Å². The standard InChI is InChI=1S/C20H25IN6O2S2.C20H25IN6OS2.C6H14BrNO2S.C6H14BrNOS.C2H5Br2N/c1-20(2,3)31(28,29)25-7-8-27-18-16(17(22)23-11-24-18)26-19(27)30-15-10-13-6-4-5-12(13)9-14(15)21;1-20(2,3)30(28)25-7-8-27-18-16(17(22)23-11-24-18)26-19(27)29-15-10-13-6-4-5-12(13)9-14(15)21;1-6(2,3)11(9,10)8-5-4-7;1-6(2,3)10(9)8-5-4-7;3-1-2-5-4/h9-11,25H,4-8H2,1-3H3,(H2,22,23,24);9-11,25H,4-8H2,1-3H3,(H2,22,23,24);8H,4-5H2,1-3H3;8H,4-5H2,1-3H3;5H,1-2H2. The fourth-order valence-corrected chi connectivity index (χ4v) is 16.2. The molecular weight excluding hydrogens is 1720 g/mol. The van der Waals surface area contributed by atoms with Crippen molar-refractivity contribution in [2.45, 2.75) is 174 Å². The van der Waals surface area contributed by atoms with Crippen LogP contribution in [0.25, 0.3) is 22.3 Å². The average Bonchev–Trinajstić information content (AvgIpc) is 1.79. The smallest absolute Gasteiger partial charge is 0.216 e. The van der Waals surface area contributed by atoms with Crippen LogP contribution in [0.3, 0.4) is 0 Å². The number of alkyl halides is 3. The lowest BCUT2D eigenvalue weighted by Gasteiger charge is -2.20. The number of rotatable bonds is 20. The first-order valence-electron chi connectivity index (χ1n) is 27.7. The van der Waals surface area contributed by atoms with Crippen LogP contribution in [0.2, 0.25) is 0 Å². The molecule has 2 aliphatic carbocycles. The molecule has 0 aliphatic heterocycles. The number of sulfonamides is 2. The number of imidazole rings is 2. The van der Waals surface area contributed by atoms with Crippen molar-refractivity contribution >= 4 is 209 Å². The molecule has 87 heavy (non-hydrogen) atoms. The first kappa shape index (κ1) is 78.7. The number of halogens is 6. The van der Waals surface area contributed by atoms with E-state index in [-0.39, 0.29) is 16.0 Å². The monoisotopic (exact) mass is 1800 g/mol. The third-order valence-electron chi connectivity index (χ3n) is 12.6. The summed E-state index contributed by atoms with van der Waals surface area (Å²) < 4.78 is 89.2. The van der Waals surface area contributed by atoms with Crippen molar-refractivity contribution in [3.05, 3.63) is 66.3 Å². The summed E-state index contributed by atoms with van der Waals surface area (Å²) in [6.45, 7) is 25.6. The first-order chi connectivity index (χ1) is 40.5. The highest BCUT2D eigenvalue weighted by atomic mass is 127. The number of nitrogens with one attached hydrogen (secondary N) is 5. The Morgan fingerprint density at radius 3 is 1.25 bits per heavy atom. The Morgan fingerprint density at radius 2 is 0.908 bits per heavy atom. The third-order valence-corrected chi connectivity index (χ3v) is 26.3. The van der Waals surface area contributed by atoms with Gasteiger partial charge in [-0.2, -0.15) is 0 Å². The maximum Gasteiger partial charge on any atom is 0.216 e. The Kier molecular flexibility index (Phi) is 32.2. The Morgan fingerprint density at radius 1 is 0.552 bits per heavy atom. The van der Waals surface area contributed by atoms with E-state index in [2.05, 4.69) is 177 Å². The topological polar surface area (TPSA) is 302 Å². The lowest BCUT2D eigenvalue weighted by molar-refractivity contribution is 0.535. The fraction of sp³-hybridized carbons (Fsp3) is 0.593. The molecule has 2 aliphatic rings. The van der Waals surface area contributed by atoms with Gasteiger partial charge in [-0.1, -0.05) is 71.3 Å². The normalized spacial score (nSPS) is 14.2. The predicted molar refractivity (Wildman–Crippen MR) is 394 cm³/mol. The highest BCUT2D eigenvalue weighted by Crippen LogP contribution is 2.39. The van der Waals surface area contributed by atoms with E-state index in [1.54, 1.807) is 65.1 Å². The molecule has 0 saturated carbocycles. The summed E-state index contributed by atoms with van der Waals surface area (Å²) in [5.41, 5.74) is 20.2. The van der Waals surface area contributed by atoms with Gasteiger partial charge in [-0.05, 0) is 213 Å². The van der Waals surface area contributed by atoms with Crippen LogP contribution in [0.1, 0.15) is 118 Å². The van der Waals surface area contributed by atoms with Gasteiger partial charge in [0.15, 0.2) is 44.3 Å². The van der Waals surface area contributed by atoms with E-state index >= 15 is 0 Å². The molecule has 2 unspecified atom stereocenters. The van der Waals surface area contributed by atoms with Gasteiger partial charge in [-0.3, -0.25) is 4.34 Å². The number of fused-ring (bicyclic) bond motifs is 4. The maximum absolute atomic E-state index is 12.4. The second-order valence-electron chi connectivity index (χ2n) is 23.5. The number of nitrogens with two attached hydrogens (primary N) is 2. The van der Waals surface area contributed by atoms with E-state index in [9.17, 15) is 25.3 Å². The molecule has 0 bridgehead atoms. The van der Waals surface area contributed by atoms with E-state index < -0.39 is 51.5 Å². The molecule has 4 aromatic heterocycles. The summed E-state index contributed by atoms with van der Waals surface area (Å²) >= 11 is 20.6. The van der Waals surface area contributed by atoms with Crippen molar-refractivity contribution < 1.29 is 25.3 Å². The zero-order valence-electron chi connectivity index (χ0n) is 51.2. The second kappa shape index (κ2) is 35.6. The van der Waals surface area contributed by atoms with Crippen LogP contribution in [-0.4, -0.2) is 132 Å². The summed E-state index contributed by atoms with van der Waals surface area (Å²) in [4.78, 5) is 28.7. The molecule has 33 heteroatoms. The molecule has 0 radical (unpaired) electrons. The third kappa shape index (κ3) is 23.9. The minimum absolute atomic E-state index is 0.151. The summed E-state index contributed by atoms with van der Waals surface area (Å²) in [6.07, 6.45) is 9.82. The number of hydrogen-bond acceptors (Lipinski definition) is 17. The van der Waals surface area contributed by atoms with Gasteiger partial charge in [0.05, 0.1) is 41.0 Å². The van der Waals surface area contributed by atoms with E-state index in [1.165, 1.54) is 59.8 Å². The van der Waals surface area contributed by atoms with Crippen molar-refractivity contribution in [3.63, 3.8) is 0 Å². The van der Waals surface area contributed by atoms with E-state index in [1.807, 2.05) is 50.7 Å². The van der Waals surface area contributed by atoms with Gasteiger partial charge in [0.1, 0.15) is 12.7 Å². The van der Waals surface area contributed by atoms with Gasteiger partial charge >= 0.3 is 0 Å². The van der Waals surface area contributed by atoms with Crippen LogP contribution < -0.4 is 34.7 Å². The number of nitrogens with zero attached hydrogens (tertiary/aromatic N) is 8. The Hall–Kier alpha value is -0.780. The molecular formula is C54H83Br4I2N15O6S6. The van der Waals surface area contributed by atoms with Crippen molar-refractivity contribution in [1.29, 1.82) is 0 Å². The minimum Gasteiger partial charge on any atom is -0.382 e.